The van der Waals surface area contributed by atoms with Crippen molar-refractivity contribution in [1.82, 2.24) is 9.55 Å². The number of imidazole rings is 1. The average Bonchev–Trinajstić information content (AvgIpc) is 3.18. The lowest BCUT2D eigenvalue weighted by atomic mass is 10.0. The van der Waals surface area contributed by atoms with Crippen LogP contribution in [0.3, 0.4) is 0 Å². The third kappa shape index (κ3) is 4.40. The van der Waals surface area contributed by atoms with Gasteiger partial charge in [0.25, 0.3) is 0 Å². The summed E-state index contributed by atoms with van der Waals surface area (Å²) in [5.41, 5.74) is 5.13. The predicted molar refractivity (Wildman–Crippen MR) is 122 cm³/mol. The van der Waals surface area contributed by atoms with Crippen LogP contribution in [0.25, 0.3) is 28.2 Å². The highest BCUT2D eigenvalue weighted by molar-refractivity contribution is 7.99. The number of aliphatic hydroxyl groups is 1. The molecule has 3 nitrogen and oxygen atoms in total. The van der Waals surface area contributed by atoms with E-state index in [4.69, 9.17) is 16.6 Å². The minimum Gasteiger partial charge on any atom is -0.391 e. The molecular weight excluding hydrogens is 400 g/mol. The first-order valence-corrected chi connectivity index (χ1v) is 11.0. The van der Waals surface area contributed by atoms with Crippen molar-refractivity contribution in [2.45, 2.75) is 11.3 Å². The van der Waals surface area contributed by atoms with E-state index in [1.807, 2.05) is 54.6 Å². The Labute approximate surface area is 180 Å². The largest absolute Gasteiger partial charge is 0.391 e. The fraction of sp³-hybridized carbons (Fsp3) is 0.125. The molecule has 1 unspecified atom stereocenters. The summed E-state index contributed by atoms with van der Waals surface area (Å²) in [6, 6.07) is 30.7. The molecule has 1 atom stereocenters. The van der Waals surface area contributed by atoms with Gasteiger partial charge in [-0.15, -0.1) is 11.6 Å². The van der Waals surface area contributed by atoms with Crippen LogP contribution in [0.4, 0.5) is 0 Å². The first-order chi connectivity index (χ1) is 14.3. The number of hydrogen-bond donors (Lipinski definition) is 1. The topological polar surface area (TPSA) is 38.1 Å². The zero-order valence-electron chi connectivity index (χ0n) is 15.8. The predicted octanol–water partition coefficient (Wildman–Crippen LogP) is 5.90. The number of alkyl halides is 1. The number of aromatic nitrogens is 2. The smallest absolute Gasteiger partial charge is 0.173 e. The minimum absolute atomic E-state index is 0.204. The van der Waals surface area contributed by atoms with Crippen molar-refractivity contribution in [2.24, 2.45) is 0 Å². The van der Waals surface area contributed by atoms with Gasteiger partial charge in [-0.1, -0.05) is 90.6 Å². The van der Waals surface area contributed by atoms with Crippen LogP contribution in [0.1, 0.15) is 0 Å². The molecule has 4 rings (SSSR count). The van der Waals surface area contributed by atoms with Crippen molar-refractivity contribution >= 4 is 23.4 Å². The van der Waals surface area contributed by atoms with Gasteiger partial charge in [-0.25, -0.2) is 4.98 Å². The van der Waals surface area contributed by atoms with Gasteiger partial charge in [0.15, 0.2) is 5.16 Å². The summed E-state index contributed by atoms with van der Waals surface area (Å²) in [6.07, 6.45) is -0.581. The maximum absolute atomic E-state index is 10.0. The Morgan fingerprint density at radius 1 is 0.828 bits per heavy atom. The molecule has 1 heterocycles. The number of para-hydroxylation sites is 1. The van der Waals surface area contributed by atoms with Crippen molar-refractivity contribution < 1.29 is 5.11 Å². The Morgan fingerprint density at radius 3 is 1.97 bits per heavy atom. The van der Waals surface area contributed by atoms with E-state index in [0.29, 0.717) is 5.75 Å². The van der Waals surface area contributed by atoms with Crippen LogP contribution in [0.5, 0.6) is 0 Å². The maximum atomic E-state index is 10.0. The van der Waals surface area contributed by atoms with Crippen LogP contribution in [0, 0.1) is 0 Å². The molecule has 0 radical (unpaired) electrons. The maximum Gasteiger partial charge on any atom is 0.173 e. The van der Waals surface area contributed by atoms with Gasteiger partial charge in [-0.2, -0.15) is 0 Å². The molecule has 0 aliphatic carbocycles. The molecule has 0 fully saturated rings. The Balaban J connectivity index is 1.95. The lowest BCUT2D eigenvalue weighted by molar-refractivity contribution is 0.223. The summed E-state index contributed by atoms with van der Waals surface area (Å²) in [7, 11) is 0. The fourth-order valence-electron chi connectivity index (χ4n) is 3.19. The molecule has 146 valence electrons. The number of rotatable bonds is 7. The van der Waals surface area contributed by atoms with Crippen LogP contribution >= 0.6 is 23.4 Å². The van der Waals surface area contributed by atoms with E-state index in [9.17, 15) is 5.11 Å². The van der Waals surface area contributed by atoms with Crippen LogP contribution in [-0.2, 0) is 0 Å². The van der Waals surface area contributed by atoms with E-state index in [2.05, 4.69) is 41.0 Å². The Bertz CT molecular complexity index is 1050. The number of halogens is 1. The highest BCUT2D eigenvalue weighted by Gasteiger charge is 2.22. The summed E-state index contributed by atoms with van der Waals surface area (Å²) in [6.45, 7) is 0. The van der Waals surface area contributed by atoms with Crippen LogP contribution in [0.2, 0.25) is 0 Å². The van der Waals surface area contributed by atoms with Crippen LogP contribution < -0.4 is 0 Å². The van der Waals surface area contributed by atoms with Crippen molar-refractivity contribution in [2.75, 3.05) is 11.6 Å². The van der Waals surface area contributed by atoms with Crippen molar-refractivity contribution in [3.05, 3.63) is 91.0 Å². The molecule has 1 N–H and O–H groups in total. The van der Waals surface area contributed by atoms with Gasteiger partial charge in [0.05, 0.1) is 17.5 Å². The molecule has 0 amide bonds. The minimum atomic E-state index is -0.581. The number of hydrogen-bond acceptors (Lipinski definition) is 3. The molecule has 0 bridgehead atoms. The first-order valence-electron chi connectivity index (χ1n) is 9.43. The molecule has 4 aromatic rings. The monoisotopic (exact) mass is 420 g/mol. The lowest BCUT2D eigenvalue weighted by Gasteiger charge is -2.13. The molecule has 0 saturated carbocycles. The summed E-state index contributed by atoms with van der Waals surface area (Å²) in [4.78, 5) is 5.01. The van der Waals surface area contributed by atoms with Gasteiger partial charge in [0.1, 0.15) is 0 Å². The van der Waals surface area contributed by atoms with Crippen molar-refractivity contribution in [3.8, 4) is 28.2 Å². The molecule has 1 aromatic heterocycles. The molecule has 0 aliphatic rings. The first kappa shape index (κ1) is 19.8. The van der Waals surface area contributed by atoms with Gasteiger partial charge < -0.3 is 5.11 Å². The standard InChI is InChI=1S/C24H21ClN2OS/c25-16-21(28)17-29-24-26-22(18-10-4-1-5-11-18)23(19-12-6-2-7-13-19)27(24)20-14-8-3-9-15-20/h1-15,21,28H,16-17H2. The lowest BCUT2D eigenvalue weighted by Crippen LogP contribution is -2.12. The number of aliphatic hydroxyl groups excluding tert-OH is 1. The fourth-order valence-corrected chi connectivity index (χ4v) is 4.37. The molecule has 5 heteroatoms. The second kappa shape index (κ2) is 9.31. The number of thioether (sulfide) groups is 1. The molecule has 0 saturated heterocycles. The second-order valence-corrected chi connectivity index (χ2v) is 7.91. The SMILES string of the molecule is OC(CCl)CSc1nc(-c2ccccc2)c(-c2ccccc2)n1-c1ccccc1. The van der Waals surface area contributed by atoms with Crippen LogP contribution in [0.15, 0.2) is 96.2 Å². The molecule has 0 aliphatic heterocycles. The summed E-state index contributed by atoms with van der Waals surface area (Å²) >= 11 is 7.33. The quantitative estimate of drug-likeness (QED) is 0.299. The van der Waals surface area contributed by atoms with Gasteiger partial charge in [-0.05, 0) is 12.1 Å². The number of benzene rings is 3. The molecule has 0 spiro atoms. The van der Waals surface area contributed by atoms with Gasteiger partial charge in [-0.3, -0.25) is 4.57 Å². The third-order valence-electron chi connectivity index (χ3n) is 4.54. The van der Waals surface area contributed by atoms with E-state index < -0.39 is 6.10 Å². The van der Waals surface area contributed by atoms with Gasteiger partial charge >= 0.3 is 0 Å². The second-order valence-electron chi connectivity index (χ2n) is 6.61. The summed E-state index contributed by atoms with van der Waals surface area (Å²) in [5, 5.41) is 10.8. The van der Waals surface area contributed by atoms with E-state index >= 15 is 0 Å². The van der Waals surface area contributed by atoms with Crippen molar-refractivity contribution in [1.29, 1.82) is 0 Å². The highest BCUT2D eigenvalue weighted by Crippen LogP contribution is 2.38. The Kier molecular flexibility index (Phi) is 6.35. The molecule has 29 heavy (non-hydrogen) atoms. The van der Waals surface area contributed by atoms with E-state index in [-0.39, 0.29) is 5.88 Å². The van der Waals surface area contributed by atoms with Gasteiger partial charge in [0, 0.05) is 28.4 Å². The van der Waals surface area contributed by atoms with Crippen LogP contribution in [-0.4, -0.2) is 32.4 Å². The zero-order chi connectivity index (χ0) is 20.1. The Morgan fingerprint density at radius 2 is 1.38 bits per heavy atom. The highest BCUT2D eigenvalue weighted by atomic mass is 35.5. The van der Waals surface area contributed by atoms with Gasteiger partial charge in [0.2, 0.25) is 0 Å². The average molecular weight is 421 g/mol. The van der Waals surface area contributed by atoms with E-state index in [1.165, 1.54) is 11.8 Å². The summed E-state index contributed by atoms with van der Waals surface area (Å²) < 4.78 is 2.17. The van der Waals surface area contributed by atoms with E-state index in [0.717, 1.165) is 33.4 Å². The van der Waals surface area contributed by atoms with Crippen molar-refractivity contribution in [3.63, 3.8) is 0 Å². The summed E-state index contributed by atoms with van der Waals surface area (Å²) in [5.74, 6) is 0.686. The normalized spacial score (nSPS) is 12.1. The Hall–Kier alpha value is -2.53. The third-order valence-corrected chi connectivity index (χ3v) is 5.98. The van der Waals surface area contributed by atoms with E-state index in [1.54, 1.807) is 0 Å². The number of nitrogens with zero attached hydrogens (tertiary/aromatic N) is 2. The molecule has 3 aromatic carbocycles. The zero-order valence-corrected chi connectivity index (χ0v) is 17.4. The molecular formula is C24H21ClN2OS.